The molecular formula is C14H20O4S. The minimum Gasteiger partial charge on any atom is -0.298 e. The number of hydrogen-bond acceptors (Lipinski definition) is 5. The highest BCUT2D eigenvalue weighted by Gasteiger charge is 2.60. The minimum absolute atomic E-state index is 0.269. The van der Waals surface area contributed by atoms with Gasteiger partial charge < -0.3 is 0 Å². The van der Waals surface area contributed by atoms with Crippen LogP contribution in [-0.4, -0.2) is 28.9 Å². The van der Waals surface area contributed by atoms with Crippen LogP contribution in [0, 0.1) is 22.7 Å². The van der Waals surface area contributed by atoms with Crippen molar-refractivity contribution in [3.05, 3.63) is 0 Å². The smallest absolute Gasteiger partial charge is 0.163 e. The van der Waals surface area contributed by atoms with Crippen LogP contribution in [0.15, 0.2) is 0 Å². The van der Waals surface area contributed by atoms with Gasteiger partial charge in [0.2, 0.25) is 0 Å². The lowest BCUT2D eigenvalue weighted by atomic mass is 9.57. The van der Waals surface area contributed by atoms with E-state index in [2.05, 4.69) is 12.6 Å². The zero-order valence-corrected chi connectivity index (χ0v) is 12.8. The van der Waals surface area contributed by atoms with E-state index in [0.717, 1.165) is 0 Å². The fraction of sp³-hybridized carbons (Fsp3) is 0.714. The Hall–Kier alpha value is -0.970. The van der Waals surface area contributed by atoms with Crippen LogP contribution in [-0.2, 0) is 19.2 Å². The summed E-state index contributed by atoms with van der Waals surface area (Å²) in [6.07, 6.45) is 0. The van der Waals surface area contributed by atoms with E-state index < -0.39 is 45.8 Å². The van der Waals surface area contributed by atoms with Gasteiger partial charge in [-0.15, -0.1) is 0 Å². The molecule has 1 saturated carbocycles. The fourth-order valence-electron chi connectivity index (χ4n) is 2.48. The molecule has 1 unspecified atom stereocenters. The largest absolute Gasteiger partial charge is 0.298 e. The van der Waals surface area contributed by atoms with Gasteiger partial charge in [-0.3, -0.25) is 19.2 Å². The van der Waals surface area contributed by atoms with E-state index in [-0.39, 0.29) is 5.75 Å². The van der Waals surface area contributed by atoms with Crippen LogP contribution >= 0.6 is 12.6 Å². The van der Waals surface area contributed by atoms with Crippen molar-refractivity contribution in [2.75, 3.05) is 5.75 Å². The average molecular weight is 284 g/mol. The molecule has 0 aromatic rings. The first kappa shape index (κ1) is 16.1. The number of rotatable bonds is 3. The lowest BCUT2D eigenvalue weighted by Crippen LogP contribution is -2.59. The normalized spacial score (nSPS) is 24.4. The first-order valence-electron chi connectivity index (χ1n) is 6.27. The molecule has 0 aliphatic heterocycles. The third kappa shape index (κ3) is 2.29. The SMILES string of the molecule is CC(CS)C(=O)C1C(=O)C(C)(C)C(=O)C(C)(C)C1=O. The van der Waals surface area contributed by atoms with Crippen LogP contribution in [0.2, 0.25) is 0 Å². The van der Waals surface area contributed by atoms with Crippen LogP contribution in [0.3, 0.4) is 0 Å². The van der Waals surface area contributed by atoms with Gasteiger partial charge in [-0.1, -0.05) is 6.92 Å². The van der Waals surface area contributed by atoms with Gasteiger partial charge in [-0.05, 0) is 33.4 Å². The summed E-state index contributed by atoms with van der Waals surface area (Å²) in [7, 11) is 0. The molecule has 0 aromatic heterocycles. The molecule has 0 amide bonds. The number of ketones is 4. The first-order chi connectivity index (χ1) is 8.49. The van der Waals surface area contributed by atoms with Crippen molar-refractivity contribution >= 4 is 35.8 Å². The van der Waals surface area contributed by atoms with Crippen molar-refractivity contribution in [1.82, 2.24) is 0 Å². The standard InChI is InChI=1S/C14H20O4S/c1-7(6-19)9(15)8-10(16)13(2,3)12(18)14(4,5)11(8)17/h7-8,19H,6H2,1-5H3. The maximum absolute atomic E-state index is 12.3. The Labute approximate surface area is 118 Å². The lowest BCUT2D eigenvalue weighted by molar-refractivity contribution is -0.162. The van der Waals surface area contributed by atoms with Crippen molar-refractivity contribution in [3.63, 3.8) is 0 Å². The summed E-state index contributed by atoms with van der Waals surface area (Å²) in [5.41, 5.74) is -2.60. The lowest BCUT2D eigenvalue weighted by Gasteiger charge is -2.40. The molecule has 1 aliphatic rings. The molecule has 0 spiro atoms. The van der Waals surface area contributed by atoms with Crippen LogP contribution < -0.4 is 0 Å². The van der Waals surface area contributed by atoms with Gasteiger partial charge in [0.15, 0.2) is 23.1 Å². The second-order valence-electron chi connectivity index (χ2n) is 6.23. The van der Waals surface area contributed by atoms with E-state index in [0.29, 0.717) is 0 Å². The predicted molar refractivity (Wildman–Crippen MR) is 74.1 cm³/mol. The van der Waals surface area contributed by atoms with Crippen LogP contribution in [0.25, 0.3) is 0 Å². The number of carbonyl (C=O) groups is 4. The topological polar surface area (TPSA) is 68.3 Å². The van der Waals surface area contributed by atoms with E-state index in [1.807, 2.05) is 0 Å². The number of Topliss-reactive ketones (excluding diaryl/α,β-unsaturated/α-hetero) is 4. The Kier molecular flexibility index (Phi) is 4.11. The molecular weight excluding hydrogens is 264 g/mol. The maximum Gasteiger partial charge on any atom is 0.163 e. The summed E-state index contributed by atoms with van der Waals surface area (Å²) in [6, 6.07) is 0. The van der Waals surface area contributed by atoms with Crippen molar-refractivity contribution in [2.45, 2.75) is 34.6 Å². The summed E-state index contributed by atoms with van der Waals surface area (Å²) in [5.74, 6) is -3.56. The number of carbonyl (C=O) groups excluding carboxylic acids is 4. The summed E-state index contributed by atoms with van der Waals surface area (Å²) in [6.45, 7) is 7.57. The third-order valence-electron chi connectivity index (χ3n) is 3.94. The summed E-state index contributed by atoms with van der Waals surface area (Å²) < 4.78 is 0. The van der Waals surface area contributed by atoms with Crippen molar-refractivity contribution < 1.29 is 19.2 Å². The second-order valence-corrected chi connectivity index (χ2v) is 6.59. The van der Waals surface area contributed by atoms with E-state index >= 15 is 0 Å². The van der Waals surface area contributed by atoms with Crippen LogP contribution in [0.4, 0.5) is 0 Å². The Balaban J connectivity index is 3.33. The molecule has 0 heterocycles. The highest BCUT2D eigenvalue weighted by Crippen LogP contribution is 2.41. The molecule has 19 heavy (non-hydrogen) atoms. The molecule has 1 atom stereocenters. The Bertz CT molecular complexity index is 432. The molecule has 0 aromatic carbocycles. The van der Waals surface area contributed by atoms with Crippen LogP contribution in [0.1, 0.15) is 34.6 Å². The maximum atomic E-state index is 12.3. The van der Waals surface area contributed by atoms with Gasteiger partial charge in [0.25, 0.3) is 0 Å². The monoisotopic (exact) mass is 284 g/mol. The predicted octanol–water partition coefficient (Wildman–Crippen LogP) is 1.51. The molecule has 1 rings (SSSR count). The molecule has 5 heteroatoms. The average Bonchev–Trinajstić information content (AvgIpc) is 2.34. The minimum atomic E-state index is -1.33. The van der Waals surface area contributed by atoms with Gasteiger partial charge in [0.05, 0.1) is 10.8 Å². The Morgan fingerprint density at radius 2 is 1.47 bits per heavy atom. The summed E-state index contributed by atoms with van der Waals surface area (Å²) in [4.78, 5) is 49.1. The van der Waals surface area contributed by atoms with Crippen LogP contribution in [0.5, 0.6) is 0 Å². The van der Waals surface area contributed by atoms with Crippen molar-refractivity contribution in [2.24, 2.45) is 22.7 Å². The van der Waals surface area contributed by atoms with Gasteiger partial charge in [0.1, 0.15) is 5.92 Å². The third-order valence-corrected chi connectivity index (χ3v) is 4.48. The Morgan fingerprint density at radius 1 is 1.11 bits per heavy atom. The van der Waals surface area contributed by atoms with Gasteiger partial charge in [-0.25, -0.2) is 0 Å². The van der Waals surface area contributed by atoms with E-state index in [9.17, 15) is 19.2 Å². The van der Waals surface area contributed by atoms with E-state index in [4.69, 9.17) is 0 Å². The van der Waals surface area contributed by atoms with Gasteiger partial charge in [-0.2, -0.15) is 12.6 Å². The zero-order chi connectivity index (χ0) is 15.2. The molecule has 0 bridgehead atoms. The molecule has 0 N–H and O–H groups in total. The fourth-order valence-corrected chi connectivity index (χ4v) is 2.66. The van der Waals surface area contributed by atoms with E-state index in [1.165, 1.54) is 27.7 Å². The molecule has 106 valence electrons. The summed E-state index contributed by atoms with van der Waals surface area (Å²) in [5, 5.41) is 0. The zero-order valence-electron chi connectivity index (χ0n) is 11.9. The first-order valence-corrected chi connectivity index (χ1v) is 6.91. The molecule has 1 aliphatic carbocycles. The van der Waals surface area contributed by atoms with Gasteiger partial charge >= 0.3 is 0 Å². The Morgan fingerprint density at radius 3 is 1.79 bits per heavy atom. The quantitative estimate of drug-likeness (QED) is 0.630. The van der Waals surface area contributed by atoms with E-state index in [1.54, 1.807) is 6.92 Å². The second kappa shape index (κ2) is 4.85. The molecule has 0 radical (unpaired) electrons. The number of thiol groups is 1. The highest BCUT2D eigenvalue weighted by atomic mass is 32.1. The van der Waals surface area contributed by atoms with Crippen molar-refractivity contribution in [3.8, 4) is 0 Å². The molecule has 1 fully saturated rings. The molecule has 0 saturated heterocycles. The number of hydrogen-bond donors (Lipinski definition) is 1. The molecule has 4 nitrogen and oxygen atoms in total. The van der Waals surface area contributed by atoms with Crippen molar-refractivity contribution in [1.29, 1.82) is 0 Å². The highest BCUT2D eigenvalue weighted by molar-refractivity contribution is 7.80. The van der Waals surface area contributed by atoms with Gasteiger partial charge in [0, 0.05) is 5.92 Å². The summed E-state index contributed by atoms with van der Waals surface area (Å²) >= 11 is 4.03.